The summed E-state index contributed by atoms with van der Waals surface area (Å²) >= 11 is 0. The first-order valence-electron chi connectivity index (χ1n) is 6.25. The van der Waals surface area contributed by atoms with Crippen molar-refractivity contribution in [3.05, 3.63) is 58.7 Å². The summed E-state index contributed by atoms with van der Waals surface area (Å²) in [7, 11) is 0. The van der Waals surface area contributed by atoms with Gasteiger partial charge in [-0.2, -0.15) is 0 Å². The molecule has 2 rings (SSSR count). The summed E-state index contributed by atoms with van der Waals surface area (Å²) in [5, 5.41) is 3.84. The number of hydrogen-bond acceptors (Lipinski definition) is 4. The Bertz CT molecular complexity index is 666. The average Bonchev–Trinajstić information content (AvgIpc) is 2.41. The van der Waals surface area contributed by atoms with Gasteiger partial charge in [-0.3, -0.25) is 4.79 Å². The third-order valence-corrected chi connectivity index (χ3v) is 3.09. The standard InChI is InChI=1S/C16H15NO3/c1-10-6-4-5-7-13(10)16(19)20-17-14-8-12(3)15(18)9-11(14)2/h4-9H,1-3H3. The Kier molecular flexibility index (Phi) is 3.94. The Hall–Kier alpha value is -2.49. The Labute approximate surface area is 117 Å². The van der Waals surface area contributed by atoms with E-state index in [1.807, 2.05) is 19.1 Å². The second-order valence-corrected chi connectivity index (χ2v) is 4.69. The maximum atomic E-state index is 11.9. The Morgan fingerprint density at radius 2 is 1.75 bits per heavy atom. The molecule has 0 amide bonds. The van der Waals surface area contributed by atoms with Crippen molar-refractivity contribution in [2.24, 2.45) is 5.16 Å². The Morgan fingerprint density at radius 1 is 1.05 bits per heavy atom. The van der Waals surface area contributed by atoms with Crippen LogP contribution in [0.2, 0.25) is 0 Å². The van der Waals surface area contributed by atoms with Crippen LogP contribution >= 0.6 is 0 Å². The molecule has 0 aliphatic heterocycles. The molecule has 0 bridgehead atoms. The van der Waals surface area contributed by atoms with Gasteiger partial charge in [-0.1, -0.05) is 23.4 Å². The number of rotatable bonds is 2. The van der Waals surface area contributed by atoms with Gasteiger partial charge in [0.15, 0.2) is 5.78 Å². The molecule has 1 aliphatic carbocycles. The van der Waals surface area contributed by atoms with Gasteiger partial charge in [-0.25, -0.2) is 4.79 Å². The molecule has 1 aromatic carbocycles. The maximum absolute atomic E-state index is 11.9. The summed E-state index contributed by atoms with van der Waals surface area (Å²) < 4.78 is 0. The van der Waals surface area contributed by atoms with Gasteiger partial charge in [0.2, 0.25) is 0 Å². The molecule has 4 nitrogen and oxygen atoms in total. The van der Waals surface area contributed by atoms with Crippen LogP contribution in [0.1, 0.15) is 29.8 Å². The molecule has 102 valence electrons. The van der Waals surface area contributed by atoms with Crippen LogP contribution in [0, 0.1) is 6.92 Å². The van der Waals surface area contributed by atoms with Crippen molar-refractivity contribution in [1.82, 2.24) is 0 Å². The van der Waals surface area contributed by atoms with E-state index in [0.717, 1.165) is 5.56 Å². The predicted octanol–water partition coefficient (Wildman–Crippen LogP) is 2.98. The van der Waals surface area contributed by atoms with Gasteiger partial charge in [0.1, 0.15) is 5.71 Å². The Morgan fingerprint density at radius 3 is 2.45 bits per heavy atom. The lowest BCUT2D eigenvalue weighted by Crippen LogP contribution is -2.12. The van der Waals surface area contributed by atoms with Crippen LogP contribution < -0.4 is 0 Å². The van der Waals surface area contributed by atoms with Crippen LogP contribution in [0.25, 0.3) is 0 Å². The summed E-state index contributed by atoms with van der Waals surface area (Å²) in [5.74, 6) is -0.557. The van der Waals surface area contributed by atoms with Crippen LogP contribution in [0.3, 0.4) is 0 Å². The summed E-state index contributed by atoms with van der Waals surface area (Å²) in [6, 6.07) is 7.14. The molecule has 0 heterocycles. The fraction of sp³-hybridized carbons (Fsp3) is 0.188. The molecular formula is C16H15NO3. The van der Waals surface area contributed by atoms with Gasteiger partial charge < -0.3 is 4.84 Å². The minimum atomic E-state index is -0.508. The van der Waals surface area contributed by atoms with Crippen LogP contribution in [0.5, 0.6) is 0 Å². The van der Waals surface area contributed by atoms with Crippen LogP contribution in [0.4, 0.5) is 0 Å². The number of hydrogen-bond donors (Lipinski definition) is 0. The highest BCUT2D eigenvalue weighted by molar-refractivity contribution is 6.21. The van der Waals surface area contributed by atoms with E-state index in [1.165, 1.54) is 6.08 Å². The molecular weight excluding hydrogens is 254 g/mol. The smallest absolute Gasteiger partial charge is 0.312 e. The second-order valence-electron chi connectivity index (χ2n) is 4.69. The highest BCUT2D eigenvalue weighted by atomic mass is 16.7. The van der Waals surface area contributed by atoms with Gasteiger partial charge in [-0.15, -0.1) is 0 Å². The Balaban J connectivity index is 2.18. The van der Waals surface area contributed by atoms with Crippen molar-refractivity contribution in [2.45, 2.75) is 20.8 Å². The zero-order valence-electron chi connectivity index (χ0n) is 11.6. The lowest BCUT2D eigenvalue weighted by Gasteiger charge is -2.09. The van der Waals surface area contributed by atoms with E-state index in [9.17, 15) is 9.59 Å². The molecule has 0 fully saturated rings. The molecule has 1 aliphatic rings. The highest BCUT2D eigenvalue weighted by Crippen LogP contribution is 2.13. The van der Waals surface area contributed by atoms with Crippen molar-refractivity contribution < 1.29 is 14.4 Å². The van der Waals surface area contributed by atoms with E-state index in [-0.39, 0.29) is 5.78 Å². The number of carbonyl (C=O) groups is 2. The van der Waals surface area contributed by atoms with E-state index in [4.69, 9.17) is 4.84 Å². The molecule has 0 unspecified atom stereocenters. The summed E-state index contributed by atoms with van der Waals surface area (Å²) in [4.78, 5) is 28.3. The molecule has 0 saturated heterocycles. The lowest BCUT2D eigenvalue weighted by molar-refractivity contribution is -0.111. The van der Waals surface area contributed by atoms with E-state index >= 15 is 0 Å². The van der Waals surface area contributed by atoms with Crippen molar-refractivity contribution in [3.63, 3.8) is 0 Å². The first kappa shape index (κ1) is 13.9. The third kappa shape index (κ3) is 2.91. The SMILES string of the molecule is CC1=CC(=NOC(=O)c2ccccc2C)C(C)=CC1=O. The number of nitrogens with zero attached hydrogens (tertiary/aromatic N) is 1. The number of benzene rings is 1. The first-order chi connectivity index (χ1) is 9.49. The van der Waals surface area contributed by atoms with Gasteiger partial charge >= 0.3 is 5.97 Å². The van der Waals surface area contributed by atoms with Gasteiger partial charge in [-0.05, 0) is 55.7 Å². The van der Waals surface area contributed by atoms with Crippen molar-refractivity contribution >= 4 is 17.5 Å². The van der Waals surface area contributed by atoms with Crippen molar-refractivity contribution in [3.8, 4) is 0 Å². The molecule has 20 heavy (non-hydrogen) atoms. The lowest BCUT2D eigenvalue weighted by atomic mass is 9.99. The predicted molar refractivity (Wildman–Crippen MR) is 76.6 cm³/mol. The molecule has 0 spiro atoms. The van der Waals surface area contributed by atoms with E-state index in [1.54, 1.807) is 32.1 Å². The fourth-order valence-electron chi connectivity index (χ4n) is 1.81. The van der Waals surface area contributed by atoms with E-state index in [0.29, 0.717) is 22.4 Å². The van der Waals surface area contributed by atoms with E-state index in [2.05, 4.69) is 5.16 Å². The van der Waals surface area contributed by atoms with Crippen LogP contribution in [0.15, 0.2) is 52.7 Å². The van der Waals surface area contributed by atoms with Gasteiger partial charge in [0.05, 0.1) is 5.56 Å². The summed E-state index contributed by atoms with van der Waals surface area (Å²) in [6.45, 7) is 5.28. The summed E-state index contributed by atoms with van der Waals surface area (Å²) in [5.41, 5.74) is 3.05. The normalized spacial score (nSPS) is 16.8. The number of aryl methyl sites for hydroxylation is 1. The maximum Gasteiger partial charge on any atom is 0.366 e. The molecule has 0 N–H and O–H groups in total. The molecule has 0 radical (unpaired) electrons. The molecule has 0 atom stereocenters. The molecule has 0 aromatic heterocycles. The van der Waals surface area contributed by atoms with E-state index < -0.39 is 5.97 Å². The van der Waals surface area contributed by atoms with Gasteiger partial charge in [0, 0.05) is 0 Å². The number of ketones is 1. The highest BCUT2D eigenvalue weighted by Gasteiger charge is 2.15. The molecule has 0 saturated carbocycles. The molecule has 4 heteroatoms. The number of oxime groups is 1. The first-order valence-corrected chi connectivity index (χ1v) is 6.25. The zero-order valence-corrected chi connectivity index (χ0v) is 11.6. The van der Waals surface area contributed by atoms with Crippen molar-refractivity contribution in [1.29, 1.82) is 0 Å². The number of carbonyl (C=O) groups excluding carboxylic acids is 2. The monoisotopic (exact) mass is 269 g/mol. The number of allylic oxidation sites excluding steroid dienone is 4. The minimum absolute atomic E-state index is 0.0494. The van der Waals surface area contributed by atoms with Crippen LogP contribution in [-0.4, -0.2) is 17.5 Å². The minimum Gasteiger partial charge on any atom is -0.312 e. The fourth-order valence-corrected chi connectivity index (χ4v) is 1.81. The quantitative estimate of drug-likeness (QED) is 0.471. The average molecular weight is 269 g/mol. The zero-order chi connectivity index (χ0) is 14.7. The topological polar surface area (TPSA) is 55.7 Å². The van der Waals surface area contributed by atoms with Gasteiger partial charge in [0.25, 0.3) is 0 Å². The second kappa shape index (κ2) is 5.65. The molecule has 1 aromatic rings. The van der Waals surface area contributed by atoms with Crippen molar-refractivity contribution in [2.75, 3.05) is 0 Å². The third-order valence-electron chi connectivity index (χ3n) is 3.09. The largest absolute Gasteiger partial charge is 0.366 e. The van der Waals surface area contributed by atoms with Crippen LogP contribution in [-0.2, 0) is 9.63 Å². The summed E-state index contributed by atoms with van der Waals surface area (Å²) in [6.07, 6.45) is 3.10.